The lowest BCUT2D eigenvalue weighted by Gasteiger charge is -2.31. The molecule has 5 nitrogen and oxygen atoms in total. The van der Waals surface area contributed by atoms with Gasteiger partial charge in [-0.15, -0.1) is 0 Å². The molecule has 1 amide bonds. The van der Waals surface area contributed by atoms with E-state index in [-0.39, 0.29) is 37.2 Å². The van der Waals surface area contributed by atoms with Gasteiger partial charge in [0.2, 0.25) is 5.91 Å². The molecule has 1 aromatic rings. The summed E-state index contributed by atoms with van der Waals surface area (Å²) in [5.74, 6) is -1.84. The molecule has 1 saturated heterocycles. The number of aliphatic carboxylic acids is 1. The normalized spacial score (nSPS) is 20.1. The van der Waals surface area contributed by atoms with Crippen LogP contribution in [0.25, 0.3) is 0 Å². The van der Waals surface area contributed by atoms with Crippen LogP contribution in [-0.2, 0) is 14.3 Å². The number of morpholine rings is 1. The Morgan fingerprint density at radius 3 is 2.86 bits per heavy atom. The van der Waals surface area contributed by atoms with Crippen LogP contribution in [0.3, 0.4) is 0 Å². The average Bonchev–Trinajstić information content (AvgIpc) is 2.47. The predicted molar refractivity (Wildman–Crippen MR) is 73.4 cm³/mol. The molecule has 1 aliphatic heterocycles. The Bertz CT molecular complexity index is 534. The molecule has 1 aromatic carbocycles. The highest BCUT2D eigenvalue weighted by Crippen LogP contribution is 2.23. The summed E-state index contributed by atoms with van der Waals surface area (Å²) in [7, 11) is 0. The highest BCUT2D eigenvalue weighted by Gasteiger charge is 2.29. The number of carboxylic acid groups (broad SMARTS) is 1. The maximum absolute atomic E-state index is 13.7. The molecule has 0 spiro atoms. The van der Waals surface area contributed by atoms with E-state index in [2.05, 4.69) is 0 Å². The number of carboxylic acids is 1. The summed E-state index contributed by atoms with van der Waals surface area (Å²) in [6.07, 6.45) is -0.834. The molecule has 1 heterocycles. The van der Waals surface area contributed by atoms with E-state index in [0.717, 1.165) is 0 Å². The molecule has 1 aliphatic rings. The summed E-state index contributed by atoms with van der Waals surface area (Å²) in [5.41, 5.74) is 0.494. The molecule has 2 atom stereocenters. The fourth-order valence-corrected chi connectivity index (χ4v) is 2.40. The number of hydrogen-bond acceptors (Lipinski definition) is 3. The fraction of sp³-hybridized carbons (Fsp3) is 0.467. The number of nitrogens with zero attached hydrogens (tertiary/aromatic N) is 1. The van der Waals surface area contributed by atoms with Crippen molar-refractivity contribution < 1.29 is 23.8 Å². The van der Waals surface area contributed by atoms with Crippen molar-refractivity contribution in [3.8, 4) is 0 Å². The van der Waals surface area contributed by atoms with Gasteiger partial charge in [0.15, 0.2) is 6.10 Å². The quantitative estimate of drug-likeness (QED) is 0.917. The monoisotopic (exact) mass is 295 g/mol. The zero-order valence-electron chi connectivity index (χ0n) is 11.8. The summed E-state index contributed by atoms with van der Waals surface area (Å²) in [6.45, 7) is 2.40. The van der Waals surface area contributed by atoms with Crippen LogP contribution in [0.5, 0.6) is 0 Å². The molecule has 0 bridgehead atoms. The maximum atomic E-state index is 13.7. The smallest absolute Gasteiger partial charge is 0.334 e. The highest BCUT2D eigenvalue weighted by molar-refractivity contribution is 5.79. The lowest BCUT2D eigenvalue weighted by atomic mass is 9.96. The van der Waals surface area contributed by atoms with Gasteiger partial charge in [-0.2, -0.15) is 0 Å². The van der Waals surface area contributed by atoms with Gasteiger partial charge in [-0.1, -0.05) is 25.1 Å². The second kappa shape index (κ2) is 6.67. The van der Waals surface area contributed by atoms with Gasteiger partial charge < -0.3 is 14.7 Å². The van der Waals surface area contributed by atoms with Crippen LogP contribution in [0.15, 0.2) is 24.3 Å². The standard InChI is InChI=1S/C15H18FNO4/c1-10(11-4-2-3-5-12(11)16)8-14(18)17-6-7-21-13(9-17)15(19)20/h2-5,10,13H,6-9H2,1H3,(H,19,20)/t10-,13+/m1/s1. The first-order valence-electron chi connectivity index (χ1n) is 6.85. The Morgan fingerprint density at radius 1 is 1.48 bits per heavy atom. The largest absolute Gasteiger partial charge is 0.479 e. The number of hydrogen-bond donors (Lipinski definition) is 1. The molecule has 21 heavy (non-hydrogen) atoms. The topological polar surface area (TPSA) is 66.8 Å². The third-order valence-electron chi connectivity index (χ3n) is 3.61. The molecular formula is C15H18FNO4. The minimum atomic E-state index is -1.07. The summed E-state index contributed by atoms with van der Waals surface area (Å²) in [6, 6.07) is 6.36. The van der Waals surface area contributed by atoms with Crippen LogP contribution < -0.4 is 0 Å². The van der Waals surface area contributed by atoms with Gasteiger partial charge >= 0.3 is 5.97 Å². The molecule has 1 N–H and O–H groups in total. The lowest BCUT2D eigenvalue weighted by Crippen LogP contribution is -2.48. The maximum Gasteiger partial charge on any atom is 0.334 e. The molecule has 0 radical (unpaired) electrons. The van der Waals surface area contributed by atoms with Crippen molar-refractivity contribution in [1.29, 1.82) is 0 Å². The lowest BCUT2D eigenvalue weighted by molar-refractivity contribution is -0.159. The van der Waals surface area contributed by atoms with E-state index in [1.165, 1.54) is 11.0 Å². The minimum Gasteiger partial charge on any atom is -0.479 e. The van der Waals surface area contributed by atoms with E-state index in [1.54, 1.807) is 25.1 Å². The van der Waals surface area contributed by atoms with Gasteiger partial charge in [-0.3, -0.25) is 4.79 Å². The third kappa shape index (κ3) is 3.78. The van der Waals surface area contributed by atoms with Gasteiger partial charge in [0, 0.05) is 13.0 Å². The van der Waals surface area contributed by atoms with E-state index < -0.39 is 12.1 Å². The number of rotatable bonds is 4. The first-order valence-corrected chi connectivity index (χ1v) is 6.85. The van der Waals surface area contributed by atoms with E-state index in [0.29, 0.717) is 12.1 Å². The number of carbonyl (C=O) groups is 2. The van der Waals surface area contributed by atoms with Crippen molar-refractivity contribution in [2.45, 2.75) is 25.4 Å². The summed E-state index contributed by atoms with van der Waals surface area (Å²) in [5, 5.41) is 8.92. The number of benzene rings is 1. The van der Waals surface area contributed by atoms with Crippen LogP contribution in [0.1, 0.15) is 24.8 Å². The van der Waals surface area contributed by atoms with Crippen molar-refractivity contribution in [1.82, 2.24) is 4.90 Å². The second-order valence-electron chi connectivity index (χ2n) is 5.16. The van der Waals surface area contributed by atoms with Crippen LogP contribution in [0.2, 0.25) is 0 Å². The number of ether oxygens (including phenoxy) is 1. The van der Waals surface area contributed by atoms with E-state index >= 15 is 0 Å². The van der Waals surface area contributed by atoms with E-state index in [4.69, 9.17) is 9.84 Å². The summed E-state index contributed by atoms with van der Waals surface area (Å²) < 4.78 is 18.8. The van der Waals surface area contributed by atoms with Crippen LogP contribution >= 0.6 is 0 Å². The second-order valence-corrected chi connectivity index (χ2v) is 5.16. The van der Waals surface area contributed by atoms with Crippen LogP contribution in [-0.4, -0.2) is 47.7 Å². The van der Waals surface area contributed by atoms with Gasteiger partial charge in [0.05, 0.1) is 13.2 Å². The zero-order chi connectivity index (χ0) is 15.4. The molecule has 2 rings (SSSR count). The Kier molecular flexibility index (Phi) is 4.90. The Balaban J connectivity index is 1.98. The Hall–Kier alpha value is -1.95. The van der Waals surface area contributed by atoms with Gasteiger partial charge in [0.1, 0.15) is 5.82 Å². The molecular weight excluding hydrogens is 277 g/mol. The molecule has 0 saturated carbocycles. The Morgan fingerprint density at radius 2 is 2.19 bits per heavy atom. The summed E-state index contributed by atoms with van der Waals surface area (Å²) in [4.78, 5) is 24.6. The van der Waals surface area contributed by atoms with Crippen LogP contribution in [0.4, 0.5) is 4.39 Å². The molecule has 114 valence electrons. The Labute approximate surface area is 122 Å². The number of halogens is 1. The molecule has 1 fully saturated rings. The predicted octanol–water partition coefficient (Wildman–Crippen LogP) is 1.63. The average molecular weight is 295 g/mol. The van der Waals surface area contributed by atoms with Crippen molar-refractivity contribution >= 4 is 11.9 Å². The summed E-state index contributed by atoms with van der Waals surface area (Å²) >= 11 is 0. The van der Waals surface area contributed by atoms with E-state index in [1.807, 2.05) is 0 Å². The molecule has 0 aromatic heterocycles. The first kappa shape index (κ1) is 15.4. The van der Waals surface area contributed by atoms with Crippen molar-refractivity contribution in [2.75, 3.05) is 19.7 Å². The minimum absolute atomic E-state index is 0.0398. The molecule has 0 aliphatic carbocycles. The van der Waals surface area contributed by atoms with Gasteiger partial charge in [0.25, 0.3) is 0 Å². The highest BCUT2D eigenvalue weighted by atomic mass is 19.1. The number of carbonyl (C=O) groups excluding carboxylic acids is 1. The zero-order valence-corrected chi connectivity index (χ0v) is 11.8. The van der Waals surface area contributed by atoms with Crippen molar-refractivity contribution in [3.05, 3.63) is 35.6 Å². The van der Waals surface area contributed by atoms with Gasteiger partial charge in [-0.05, 0) is 17.5 Å². The SMILES string of the molecule is C[C@H](CC(=O)N1CCO[C@H](C(=O)O)C1)c1ccccc1F. The third-order valence-corrected chi connectivity index (χ3v) is 3.61. The van der Waals surface area contributed by atoms with E-state index in [9.17, 15) is 14.0 Å². The number of amides is 1. The fourth-order valence-electron chi connectivity index (χ4n) is 2.40. The molecule has 6 heteroatoms. The molecule has 0 unspecified atom stereocenters. The van der Waals surface area contributed by atoms with Crippen LogP contribution in [0, 0.1) is 5.82 Å². The van der Waals surface area contributed by atoms with Gasteiger partial charge in [-0.25, -0.2) is 9.18 Å². The van der Waals surface area contributed by atoms with Crippen molar-refractivity contribution in [3.63, 3.8) is 0 Å². The van der Waals surface area contributed by atoms with Crippen molar-refractivity contribution in [2.24, 2.45) is 0 Å². The first-order chi connectivity index (χ1) is 9.99.